The molecule has 0 unspecified atom stereocenters. The highest BCUT2D eigenvalue weighted by Gasteiger charge is 2.12. The van der Waals surface area contributed by atoms with E-state index in [0.29, 0.717) is 11.8 Å². The largest absolute Gasteiger partial charge is 0.483 e. The molecular weight excluding hydrogens is 249 g/mol. The lowest BCUT2D eigenvalue weighted by atomic mass is 10.4. The van der Waals surface area contributed by atoms with Crippen molar-refractivity contribution in [1.29, 1.82) is 0 Å². The third kappa shape index (κ3) is 6.01. The van der Waals surface area contributed by atoms with Crippen LogP contribution in [0.4, 0.5) is 0 Å². The topological polar surface area (TPSA) is 9.23 Å². The van der Waals surface area contributed by atoms with Crippen LogP contribution in [0.5, 0.6) is 0 Å². The molecule has 0 aromatic rings. The van der Waals surface area contributed by atoms with Crippen LogP contribution in [0, 0.1) is 0 Å². The third-order valence-corrected chi connectivity index (χ3v) is 4.11. The molecule has 0 rings (SSSR count). The minimum Gasteiger partial charge on any atom is -0.483 e. The van der Waals surface area contributed by atoms with Crippen molar-refractivity contribution in [3.8, 4) is 0 Å². The van der Waals surface area contributed by atoms with Crippen LogP contribution < -0.4 is 0 Å². The summed E-state index contributed by atoms with van der Waals surface area (Å²) in [5.74, 6) is 0. The summed E-state index contributed by atoms with van der Waals surface area (Å²) in [4.78, 5) is 0. The molecule has 0 amide bonds. The van der Waals surface area contributed by atoms with Gasteiger partial charge in [-0.3, -0.25) is 0 Å². The molecule has 1 nitrogen and oxygen atoms in total. The zero-order valence-corrected chi connectivity index (χ0v) is 11.0. The Morgan fingerprint density at radius 2 is 1.92 bits per heavy atom. The van der Waals surface area contributed by atoms with Gasteiger partial charge < -0.3 is 4.74 Å². The molecule has 0 aliphatic heterocycles. The van der Waals surface area contributed by atoms with Gasteiger partial charge in [0.05, 0.1) is 6.61 Å². The molecule has 0 saturated heterocycles. The average molecular weight is 264 g/mol. The Bertz CT molecular complexity index is 171. The Labute approximate surface area is 95.7 Å². The molecule has 0 fully saturated rings. The van der Waals surface area contributed by atoms with E-state index >= 15 is 0 Å². The molecule has 0 heterocycles. The van der Waals surface area contributed by atoms with E-state index in [4.69, 9.17) is 38.8 Å². The fourth-order valence-corrected chi connectivity index (χ4v) is 3.05. The molecule has 5 heteroatoms. The second kappa shape index (κ2) is 8.17. The molecule has 0 aromatic carbocycles. The van der Waals surface area contributed by atoms with Gasteiger partial charge in [0.1, 0.15) is 6.63 Å². The van der Waals surface area contributed by atoms with E-state index in [1.54, 1.807) is 0 Å². The van der Waals surface area contributed by atoms with Gasteiger partial charge in [0.15, 0.2) is 5.22 Å². The lowest BCUT2D eigenvalue weighted by molar-refractivity contribution is 0.229. The minimum atomic E-state index is -1.16. The van der Waals surface area contributed by atoms with Gasteiger partial charge in [-0.2, -0.15) is 0 Å². The number of halogens is 3. The smallest absolute Gasteiger partial charge is 0.192 e. The average Bonchev–Trinajstić information content (AvgIpc) is 2.05. The van der Waals surface area contributed by atoms with Crippen LogP contribution in [0.2, 0.25) is 0 Å². The van der Waals surface area contributed by atoms with Crippen LogP contribution in [0.3, 0.4) is 0 Å². The van der Waals surface area contributed by atoms with E-state index in [-0.39, 0.29) is 0 Å². The van der Waals surface area contributed by atoms with Crippen LogP contribution in [-0.2, 0) is 4.74 Å². The van der Waals surface area contributed by atoms with Crippen molar-refractivity contribution in [2.75, 3.05) is 6.61 Å². The molecule has 0 aliphatic rings. The summed E-state index contributed by atoms with van der Waals surface area (Å²) in [6, 6.07) is 0. The van der Waals surface area contributed by atoms with Crippen LogP contribution in [0.1, 0.15) is 33.1 Å². The zero-order chi connectivity index (χ0) is 10.3. The number of rotatable bonds is 6. The van der Waals surface area contributed by atoms with Crippen LogP contribution in [0.25, 0.3) is 0 Å². The Morgan fingerprint density at radius 3 is 2.31 bits per heavy atom. The van der Waals surface area contributed by atoms with Gasteiger partial charge in [-0.15, -0.1) is 0 Å². The summed E-state index contributed by atoms with van der Waals surface area (Å²) in [5, 5.41) is 1.20. The van der Waals surface area contributed by atoms with E-state index in [1.165, 1.54) is 0 Å². The summed E-state index contributed by atoms with van der Waals surface area (Å²) < 4.78 is 5.29. The number of ether oxygens (including phenoxy) is 1. The van der Waals surface area contributed by atoms with Crippen molar-refractivity contribution in [2.45, 2.75) is 33.1 Å². The maximum atomic E-state index is 5.88. The lowest BCUT2D eigenvalue weighted by Gasteiger charge is -2.09. The predicted octanol–water partition coefficient (Wildman–Crippen LogP) is 5.41. The minimum absolute atomic E-state index is 0.382. The van der Waals surface area contributed by atoms with Gasteiger partial charge in [-0.25, -0.2) is 0 Å². The highest BCUT2D eigenvalue weighted by Crippen LogP contribution is 2.57. The quantitative estimate of drug-likeness (QED) is 0.354. The van der Waals surface area contributed by atoms with Crippen LogP contribution >= 0.6 is 40.7 Å². The van der Waals surface area contributed by atoms with E-state index < -0.39 is 6.63 Å². The van der Waals surface area contributed by atoms with Crippen molar-refractivity contribution in [3.05, 3.63) is 10.5 Å². The number of hydrogen-bond acceptors (Lipinski definition) is 1. The fourth-order valence-electron chi connectivity index (χ4n) is 0.714. The summed E-state index contributed by atoms with van der Waals surface area (Å²) in [6.45, 7) is 3.53. The molecule has 13 heavy (non-hydrogen) atoms. The SMILES string of the molecule is CCCCO/C(Cl)=C(\CC)P(Cl)Cl. The first-order chi connectivity index (χ1) is 6.13. The van der Waals surface area contributed by atoms with Gasteiger partial charge in [-0.1, -0.05) is 42.7 Å². The van der Waals surface area contributed by atoms with Gasteiger partial charge in [-0.05, 0) is 24.4 Å². The molecule has 0 atom stereocenters. The Hall–Kier alpha value is 0.840. The van der Waals surface area contributed by atoms with Crippen molar-refractivity contribution < 1.29 is 4.74 Å². The molecule has 0 aromatic heterocycles. The van der Waals surface area contributed by atoms with E-state index in [9.17, 15) is 0 Å². The van der Waals surface area contributed by atoms with E-state index in [1.807, 2.05) is 6.92 Å². The second-order valence-corrected chi connectivity index (χ2v) is 6.41. The van der Waals surface area contributed by atoms with Crippen molar-refractivity contribution in [2.24, 2.45) is 0 Å². The Balaban J connectivity index is 4.05. The highest BCUT2D eigenvalue weighted by molar-refractivity contribution is 8.06. The van der Waals surface area contributed by atoms with E-state index in [2.05, 4.69) is 6.92 Å². The Morgan fingerprint density at radius 1 is 1.31 bits per heavy atom. The highest BCUT2D eigenvalue weighted by atomic mass is 35.9. The molecule has 0 spiro atoms. The second-order valence-electron chi connectivity index (χ2n) is 2.51. The van der Waals surface area contributed by atoms with Gasteiger partial charge >= 0.3 is 0 Å². The summed E-state index contributed by atoms with van der Waals surface area (Å²) in [7, 11) is 0. The summed E-state index contributed by atoms with van der Waals surface area (Å²) in [5.41, 5.74) is 0. The van der Waals surface area contributed by atoms with Gasteiger partial charge in [0.2, 0.25) is 0 Å². The molecule has 0 radical (unpaired) electrons. The number of unbranched alkanes of at least 4 members (excludes halogenated alkanes) is 1. The number of allylic oxidation sites excluding steroid dienone is 1. The fraction of sp³-hybridized carbons (Fsp3) is 0.750. The maximum absolute atomic E-state index is 5.88. The summed E-state index contributed by atoms with van der Waals surface area (Å²) in [6.07, 6.45) is 2.82. The molecule has 0 aliphatic carbocycles. The van der Waals surface area contributed by atoms with Crippen molar-refractivity contribution >= 4 is 40.7 Å². The maximum Gasteiger partial charge on any atom is 0.192 e. The zero-order valence-electron chi connectivity index (χ0n) is 7.82. The van der Waals surface area contributed by atoms with Crippen molar-refractivity contribution in [3.63, 3.8) is 0 Å². The third-order valence-electron chi connectivity index (χ3n) is 1.49. The molecule has 0 N–H and O–H groups in total. The molecule has 78 valence electrons. The standard InChI is InChI=1S/C8H14Cl3OP/c1-3-5-6-12-8(9)7(4-2)13(10)11/h3-6H2,1-2H3/b8-7+. The van der Waals surface area contributed by atoms with Crippen molar-refractivity contribution in [1.82, 2.24) is 0 Å². The lowest BCUT2D eigenvalue weighted by Crippen LogP contribution is -1.92. The first-order valence-corrected chi connectivity index (χ1v) is 7.79. The first-order valence-electron chi connectivity index (χ1n) is 4.26. The molecular formula is C8H14Cl3OP. The predicted molar refractivity (Wildman–Crippen MR) is 62.7 cm³/mol. The molecule has 0 bridgehead atoms. The first kappa shape index (κ1) is 13.8. The number of hydrogen-bond donors (Lipinski definition) is 0. The van der Waals surface area contributed by atoms with Gasteiger partial charge in [0.25, 0.3) is 0 Å². The van der Waals surface area contributed by atoms with Crippen LogP contribution in [0.15, 0.2) is 10.5 Å². The summed E-state index contributed by atoms with van der Waals surface area (Å²) >= 11 is 17.4. The van der Waals surface area contributed by atoms with Gasteiger partial charge in [0, 0.05) is 5.31 Å². The normalized spacial score (nSPS) is 13.1. The van der Waals surface area contributed by atoms with Crippen LogP contribution in [-0.4, -0.2) is 6.61 Å². The monoisotopic (exact) mass is 262 g/mol. The molecule has 0 saturated carbocycles. The van der Waals surface area contributed by atoms with E-state index in [0.717, 1.165) is 24.6 Å². The Kier molecular flexibility index (Phi) is 8.70.